The van der Waals surface area contributed by atoms with Crippen molar-refractivity contribution in [1.82, 2.24) is 29.8 Å². The van der Waals surface area contributed by atoms with Gasteiger partial charge in [0.05, 0.1) is 35.1 Å². The van der Waals surface area contributed by atoms with Gasteiger partial charge in [0, 0.05) is 37.1 Å². The minimum absolute atomic E-state index is 0.263. The smallest absolute Gasteiger partial charge is 0.250 e. The first-order chi connectivity index (χ1) is 17.6. The summed E-state index contributed by atoms with van der Waals surface area (Å²) >= 11 is 1.23. The van der Waals surface area contributed by atoms with Gasteiger partial charge in [0.25, 0.3) is 0 Å². The van der Waals surface area contributed by atoms with Gasteiger partial charge >= 0.3 is 0 Å². The number of ether oxygens (including phenoxy) is 1. The fourth-order valence-electron chi connectivity index (χ4n) is 4.89. The molecule has 0 spiro atoms. The molecule has 36 heavy (non-hydrogen) atoms. The average Bonchev–Trinajstić information content (AvgIpc) is 3.57. The highest BCUT2D eigenvalue weighted by atomic mass is 32.2. The maximum absolute atomic E-state index is 13.2. The van der Waals surface area contributed by atoms with Crippen molar-refractivity contribution in [2.75, 3.05) is 57.4 Å². The Bertz CT molecular complexity index is 1470. The van der Waals surface area contributed by atoms with Crippen LogP contribution in [0.4, 0.5) is 5.82 Å². The van der Waals surface area contributed by atoms with Crippen LogP contribution in [0.2, 0.25) is 0 Å². The second-order valence-electron chi connectivity index (χ2n) is 9.19. The summed E-state index contributed by atoms with van der Waals surface area (Å²) in [6.45, 7) is 5.78. The summed E-state index contributed by atoms with van der Waals surface area (Å²) in [5.41, 5.74) is 2.38. The van der Waals surface area contributed by atoms with Crippen LogP contribution in [0.5, 0.6) is 0 Å². The van der Waals surface area contributed by atoms with E-state index in [1.165, 1.54) is 30.6 Å². The molecule has 0 amide bonds. The Labute approximate surface area is 213 Å². The molecule has 0 atom stereocenters. The highest BCUT2D eigenvalue weighted by Crippen LogP contribution is 2.37. The molecule has 2 saturated heterocycles. The number of fused-ring (bicyclic) bond motifs is 2. The average molecular weight is 528 g/mol. The number of aromatic amines is 1. The zero-order chi connectivity index (χ0) is 24.5. The maximum atomic E-state index is 13.2. The summed E-state index contributed by atoms with van der Waals surface area (Å²) in [4.78, 5) is 14.2. The molecule has 2 N–H and O–H groups in total. The molecule has 2 fully saturated rings. The number of piperidine rings is 1. The van der Waals surface area contributed by atoms with Crippen LogP contribution in [-0.4, -0.2) is 86.0 Å². The lowest BCUT2D eigenvalue weighted by Crippen LogP contribution is -2.37. The number of thiophene rings is 1. The van der Waals surface area contributed by atoms with E-state index >= 15 is 0 Å². The van der Waals surface area contributed by atoms with Crippen molar-refractivity contribution in [2.24, 2.45) is 0 Å². The molecular weight excluding hydrogens is 498 g/mol. The van der Waals surface area contributed by atoms with Gasteiger partial charge in [-0.05, 0) is 38.1 Å². The maximum Gasteiger partial charge on any atom is 0.250 e. The van der Waals surface area contributed by atoms with Gasteiger partial charge in [-0.1, -0.05) is 18.6 Å². The van der Waals surface area contributed by atoms with Crippen LogP contribution in [0.15, 0.2) is 34.7 Å². The molecule has 0 unspecified atom stereocenters. The van der Waals surface area contributed by atoms with Gasteiger partial charge in [0.1, 0.15) is 4.21 Å². The largest absolute Gasteiger partial charge is 0.378 e. The highest BCUT2D eigenvalue weighted by molar-refractivity contribution is 7.91. The minimum Gasteiger partial charge on any atom is -0.378 e. The monoisotopic (exact) mass is 527 g/mol. The molecule has 1 aromatic carbocycles. The van der Waals surface area contributed by atoms with Gasteiger partial charge < -0.3 is 14.5 Å². The van der Waals surface area contributed by atoms with Crippen molar-refractivity contribution in [3.8, 4) is 11.4 Å². The van der Waals surface area contributed by atoms with E-state index in [4.69, 9.17) is 14.7 Å². The van der Waals surface area contributed by atoms with E-state index in [0.29, 0.717) is 44.2 Å². The van der Waals surface area contributed by atoms with E-state index in [1.807, 2.05) is 18.2 Å². The first-order valence-corrected chi connectivity index (χ1v) is 14.7. The molecule has 5 heterocycles. The molecule has 6 rings (SSSR count). The lowest BCUT2D eigenvalue weighted by molar-refractivity contribution is 0.122. The summed E-state index contributed by atoms with van der Waals surface area (Å²) < 4.78 is 35.8. The van der Waals surface area contributed by atoms with Gasteiger partial charge in [-0.25, -0.2) is 23.1 Å². The number of likely N-dealkylation sites (tertiary alicyclic amines) is 1. The molecular formula is C24H29N7O3S2. The molecule has 3 aromatic heterocycles. The zero-order valence-corrected chi connectivity index (χ0v) is 21.6. The van der Waals surface area contributed by atoms with Crippen LogP contribution in [0.3, 0.4) is 0 Å². The van der Waals surface area contributed by atoms with Crippen molar-refractivity contribution >= 4 is 48.3 Å². The number of sulfonamides is 1. The summed E-state index contributed by atoms with van der Waals surface area (Å²) in [6.07, 6.45) is 5.39. The first kappa shape index (κ1) is 23.7. The summed E-state index contributed by atoms with van der Waals surface area (Å²) in [5, 5.41) is 8.08. The molecule has 2 aliphatic heterocycles. The molecule has 0 bridgehead atoms. The number of hydrogen-bond acceptors (Lipinski definition) is 9. The second-order valence-corrected chi connectivity index (χ2v) is 12.2. The van der Waals surface area contributed by atoms with Crippen LogP contribution in [0.25, 0.3) is 32.5 Å². The summed E-state index contributed by atoms with van der Waals surface area (Å²) in [6, 6.07) is 7.54. The molecule has 190 valence electrons. The van der Waals surface area contributed by atoms with Crippen molar-refractivity contribution in [3.63, 3.8) is 0 Å². The van der Waals surface area contributed by atoms with Crippen LogP contribution >= 0.6 is 11.3 Å². The third-order valence-corrected chi connectivity index (χ3v) is 9.86. The van der Waals surface area contributed by atoms with E-state index in [-0.39, 0.29) is 4.21 Å². The fraction of sp³-hybridized carbons (Fsp3) is 0.458. The molecule has 2 aliphatic rings. The summed E-state index contributed by atoms with van der Waals surface area (Å²) in [5.74, 6) is 1.30. The number of rotatable bonds is 7. The van der Waals surface area contributed by atoms with E-state index in [1.54, 1.807) is 12.3 Å². The van der Waals surface area contributed by atoms with Crippen LogP contribution in [0.1, 0.15) is 19.3 Å². The van der Waals surface area contributed by atoms with Crippen molar-refractivity contribution in [1.29, 1.82) is 0 Å². The second kappa shape index (κ2) is 10.0. The quantitative estimate of drug-likeness (QED) is 0.377. The number of hydrogen-bond donors (Lipinski definition) is 2. The van der Waals surface area contributed by atoms with Gasteiger partial charge in [0.2, 0.25) is 10.0 Å². The van der Waals surface area contributed by atoms with Crippen LogP contribution < -0.4 is 9.62 Å². The molecule has 0 aliphatic carbocycles. The SMILES string of the molecule is O=S(=O)(NCCN1CCCCC1)c1cc2nc(-c3cccc4[nH]ncc34)nc(N3CCOCC3)c2s1. The van der Waals surface area contributed by atoms with Crippen LogP contribution in [0, 0.1) is 0 Å². The van der Waals surface area contributed by atoms with Crippen molar-refractivity contribution in [2.45, 2.75) is 23.5 Å². The predicted molar refractivity (Wildman–Crippen MR) is 141 cm³/mol. The summed E-state index contributed by atoms with van der Waals surface area (Å²) in [7, 11) is -3.66. The van der Waals surface area contributed by atoms with Crippen LogP contribution in [-0.2, 0) is 14.8 Å². The first-order valence-electron chi connectivity index (χ1n) is 12.4. The third-order valence-electron chi connectivity index (χ3n) is 6.80. The molecule has 0 saturated carbocycles. The minimum atomic E-state index is -3.66. The molecule has 12 heteroatoms. The van der Waals surface area contributed by atoms with E-state index in [2.05, 4.69) is 24.7 Å². The number of benzene rings is 1. The Kier molecular flexibility index (Phi) is 6.61. The fourth-order valence-corrected chi connectivity index (χ4v) is 7.37. The molecule has 0 radical (unpaired) electrons. The third kappa shape index (κ3) is 4.71. The molecule has 10 nitrogen and oxygen atoms in total. The Balaban J connectivity index is 1.36. The normalized spacial score (nSPS) is 17.8. The highest BCUT2D eigenvalue weighted by Gasteiger charge is 2.25. The number of nitrogens with one attached hydrogen (secondary N) is 2. The van der Waals surface area contributed by atoms with Gasteiger partial charge in [-0.15, -0.1) is 11.3 Å². The Morgan fingerprint density at radius 2 is 1.92 bits per heavy atom. The predicted octanol–water partition coefficient (Wildman–Crippen LogP) is 2.84. The lowest BCUT2D eigenvalue weighted by atomic mass is 10.1. The number of morpholine rings is 1. The van der Waals surface area contributed by atoms with E-state index < -0.39 is 10.0 Å². The standard InChI is InChI=1S/C24H29N7O3S2/c32-36(33,26-7-10-30-8-2-1-3-9-30)21-15-20-22(35-21)24(31-11-13-34-14-12-31)28-23(27-20)17-5-4-6-19-18(17)16-25-29-19/h4-6,15-16,26H,1-3,7-14H2,(H,25,29). The van der Waals surface area contributed by atoms with Crippen molar-refractivity contribution < 1.29 is 13.2 Å². The van der Waals surface area contributed by atoms with Gasteiger partial charge in [-0.2, -0.15) is 5.10 Å². The number of anilines is 1. The Morgan fingerprint density at radius 1 is 1.08 bits per heavy atom. The lowest BCUT2D eigenvalue weighted by Gasteiger charge is -2.28. The Morgan fingerprint density at radius 3 is 2.75 bits per heavy atom. The van der Waals surface area contributed by atoms with Crippen molar-refractivity contribution in [3.05, 3.63) is 30.5 Å². The number of aromatic nitrogens is 4. The van der Waals surface area contributed by atoms with E-state index in [9.17, 15) is 8.42 Å². The topological polar surface area (TPSA) is 116 Å². The van der Waals surface area contributed by atoms with Gasteiger partial charge in [0.15, 0.2) is 11.6 Å². The number of nitrogens with zero attached hydrogens (tertiary/aromatic N) is 5. The van der Waals surface area contributed by atoms with E-state index in [0.717, 1.165) is 46.6 Å². The number of H-pyrrole nitrogens is 1. The zero-order valence-electron chi connectivity index (χ0n) is 19.9. The van der Waals surface area contributed by atoms with Gasteiger partial charge in [-0.3, -0.25) is 5.10 Å². The molecule has 4 aromatic rings. The Hall–Kier alpha value is -2.64.